The SMILES string of the molecule is COc1ncnc2cccc(-c3cccnc3)c12.Cl. The second-order valence-corrected chi connectivity index (χ2v) is 3.82. The van der Waals surface area contributed by atoms with E-state index in [0.717, 1.165) is 22.0 Å². The maximum absolute atomic E-state index is 5.32. The van der Waals surface area contributed by atoms with E-state index in [-0.39, 0.29) is 12.4 Å². The molecule has 0 unspecified atom stereocenters. The van der Waals surface area contributed by atoms with Crippen LogP contribution in [0.25, 0.3) is 22.0 Å². The molecule has 0 aliphatic rings. The van der Waals surface area contributed by atoms with Gasteiger partial charge in [0.2, 0.25) is 5.88 Å². The molecule has 0 fully saturated rings. The predicted molar refractivity (Wildman–Crippen MR) is 76.6 cm³/mol. The highest BCUT2D eigenvalue weighted by Crippen LogP contribution is 2.32. The van der Waals surface area contributed by atoms with Gasteiger partial charge in [-0.2, -0.15) is 0 Å². The number of pyridine rings is 1. The van der Waals surface area contributed by atoms with E-state index in [2.05, 4.69) is 15.0 Å². The van der Waals surface area contributed by atoms with Crippen molar-refractivity contribution < 1.29 is 4.74 Å². The number of fused-ring (bicyclic) bond motifs is 1. The zero-order valence-corrected chi connectivity index (χ0v) is 11.1. The first-order valence-corrected chi connectivity index (χ1v) is 5.58. The number of halogens is 1. The molecule has 0 saturated carbocycles. The lowest BCUT2D eigenvalue weighted by molar-refractivity contribution is 0.402. The Morgan fingerprint density at radius 2 is 1.95 bits per heavy atom. The predicted octanol–water partition coefficient (Wildman–Crippen LogP) is 3.12. The molecule has 0 saturated heterocycles. The number of aromatic nitrogens is 3. The molecule has 0 bridgehead atoms. The molecule has 0 aliphatic heterocycles. The molecule has 1 aromatic carbocycles. The van der Waals surface area contributed by atoms with Crippen molar-refractivity contribution in [3.05, 3.63) is 49.1 Å². The molecule has 0 spiro atoms. The average Bonchev–Trinajstić information content (AvgIpc) is 2.47. The van der Waals surface area contributed by atoms with Crippen molar-refractivity contribution in [2.75, 3.05) is 7.11 Å². The smallest absolute Gasteiger partial charge is 0.224 e. The fraction of sp³-hybridized carbons (Fsp3) is 0.0714. The number of hydrogen-bond acceptors (Lipinski definition) is 4. The van der Waals surface area contributed by atoms with Crippen LogP contribution in [-0.2, 0) is 0 Å². The summed E-state index contributed by atoms with van der Waals surface area (Å²) in [7, 11) is 1.61. The Labute approximate surface area is 116 Å². The van der Waals surface area contributed by atoms with Gasteiger partial charge in [0, 0.05) is 18.0 Å². The number of ether oxygens (including phenoxy) is 1. The Hall–Kier alpha value is -2.20. The fourth-order valence-corrected chi connectivity index (χ4v) is 2.00. The third-order valence-electron chi connectivity index (χ3n) is 2.79. The van der Waals surface area contributed by atoms with Crippen LogP contribution < -0.4 is 4.74 Å². The zero-order valence-electron chi connectivity index (χ0n) is 10.3. The van der Waals surface area contributed by atoms with Crippen LogP contribution in [0.3, 0.4) is 0 Å². The largest absolute Gasteiger partial charge is 0.480 e. The summed E-state index contributed by atoms with van der Waals surface area (Å²) in [5.41, 5.74) is 2.91. The van der Waals surface area contributed by atoms with Gasteiger partial charge in [-0.3, -0.25) is 4.98 Å². The Morgan fingerprint density at radius 3 is 2.68 bits per heavy atom. The maximum Gasteiger partial charge on any atom is 0.224 e. The molecule has 0 radical (unpaired) electrons. The van der Waals surface area contributed by atoms with E-state index in [1.165, 1.54) is 6.33 Å². The minimum Gasteiger partial charge on any atom is -0.480 e. The topological polar surface area (TPSA) is 47.9 Å². The standard InChI is InChI=1S/C14H11N3O.ClH/c1-18-14-13-11(10-4-3-7-15-8-10)5-2-6-12(13)16-9-17-14;/h2-9H,1H3;1H. The van der Waals surface area contributed by atoms with E-state index in [1.54, 1.807) is 13.3 Å². The molecule has 2 aromatic heterocycles. The highest BCUT2D eigenvalue weighted by atomic mass is 35.5. The van der Waals surface area contributed by atoms with Crippen molar-refractivity contribution in [3.8, 4) is 17.0 Å². The summed E-state index contributed by atoms with van der Waals surface area (Å²) in [6.45, 7) is 0. The van der Waals surface area contributed by atoms with Crippen molar-refractivity contribution in [2.24, 2.45) is 0 Å². The molecular weight excluding hydrogens is 262 g/mol. The van der Waals surface area contributed by atoms with Gasteiger partial charge in [-0.25, -0.2) is 9.97 Å². The van der Waals surface area contributed by atoms with Gasteiger partial charge in [0.25, 0.3) is 0 Å². The lowest BCUT2D eigenvalue weighted by Crippen LogP contribution is -1.93. The number of methoxy groups -OCH3 is 1. The number of hydrogen-bond donors (Lipinski definition) is 0. The quantitative estimate of drug-likeness (QED) is 0.720. The number of rotatable bonds is 2. The summed E-state index contributed by atoms with van der Waals surface area (Å²) in [6, 6.07) is 9.85. The first kappa shape index (κ1) is 13.2. The Balaban J connectivity index is 0.00000133. The van der Waals surface area contributed by atoms with Gasteiger partial charge >= 0.3 is 0 Å². The molecular formula is C14H12ClN3O. The monoisotopic (exact) mass is 273 g/mol. The molecule has 2 heterocycles. The minimum atomic E-state index is 0. The van der Waals surface area contributed by atoms with Crippen LogP contribution in [0.2, 0.25) is 0 Å². The fourth-order valence-electron chi connectivity index (χ4n) is 2.00. The molecule has 0 amide bonds. The van der Waals surface area contributed by atoms with E-state index in [0.29, 0.717) is 5.88 Å². The van der Waals surface area contributed by atoms with E-state index in [4.69, 9.17) is 4.74 Å². The molecule has 0 aliphatic carbocycles. The Bertz CT molecular complexity index is 683. The Kier molecular flexibility index (Phi) is 3.92. The van der Waals surface area contributed by atoms with Crippen LogP contribution >= 0.6 is 12.4 Å². The third-order valence-corrected chi connectivity index (χ3v) is 2.79. The molecule has 3 aromatic rings. The van der Waals surface area contributed by atoms with Crippen LogP contribution in [0.4, 0.5) is 0 Å². The van der Waals surface area contributed by atoms with Crippen molar-refractivity contribution in [2.45, 2.75) is 0 Å². The van der Waals surface area contributed by atoms with Gasteiger partial charge in [-0.15, -0.1) is 12.4 Å². The van der Waals surface area contributed by atoms with Gasteiger partial charge in [-0.05, 0) is 17.7 Å². The lowest BCUT2D eigenvalue weighted by Gasteiger charge is -2.08. The summed E-state index contributed by atoms with van der Waals surface area (Å²) < 4.78 is 5.32. The second kappa shape index (κ2) is 5.63. The summed E-state index contributed by atoms with van der Waals surface area (Å²) in [4.78, 5) is 12.6. The summed E-state index contributed by atoms with van der Waals surface area (Å²) in [6.07, 6.45) is 5.08. The molecule has 19 heavy (non-hydrogen) atoms. The van der Waals surface area contributed by atoms with Crippen molar-refractivity contribution in [1.29, 1.82) is 0 Å². The lowest BCUT2D eigenvalue weighted by atomic mass is 10.0. The van der Waals surface area contributed by atoms with E-state index in [1.807, 2.05) is 36.5 Å². The normalized spacial score (nSPS) is 9.95. The van der Waals surface area contributed by atoms with E-state index >= 15 is 0 Å². The highest BCUT2D eigenvalue weighted by molar-refractivity contribution is 5.97. The summed E-state index contributed by atoms with van der Waals surface area (Å²) >= 11 is 0. The van der Waals surface area contributed by atoms with Crippen LogP contribution in [0, 0.1) is 0 Å². The number of benzene rings is 1. The Morgan fingerprint density at radius 1 is 1.05 bits per heavy atom. The molecule has 0 atom stereocenters. The maximum atomic E-state index is 5.32. The first-order chi connectivity index (χ1) is 8.90. The molecule has 96 valence electrons. The van der Waals surface area contributed by atoms with Crippen LogP contribution in [0.5, 0.6) is 5.88 Å². The van der Waals surface area contributed by atoms with Crippen LogP contribution in [-0.4, -0.2) is 22.1 Å². The van der Waals surface area contributed by atoms with Crippen molar-refractivity contribution in [3.63, 3.8) is 0 Å². The molecule has 3 rings (SSSR count). The van der Waals surface area contributed by atoms with Crippen LogP contribution in [0.1, 0.15) is 0 Å². The van der Waals surface area contributed by atoms with Gasteiger partial charge in [0.05, 0.1) is 18.0 Å². The summed E-state index contributed by atoms with van der Waals surface area (Å²) in [5, 5.41) is 0.913. The van der Waals surface area contributed by atoms with Crippen molar-refractivity contribution in [1.82, 2.24) is 15.0 Å². The van der Waals surface area contributed by atoms with E-state index in [9.17, 15) is 0 Å². The minimum absolute atomic E-state index is 0. The van der Waals surface area contributed by atoms with Gasteiger partial charge < -0.3 is 4.74 Å². The molecule has 4 nitrogen and oxygen atoms in total. The highest BCUT2D eigenvalue weighted by Gasteiger charge is 2.10. The first-order valence-electron chi connectivity index (χ1n) is 5.58. The number of nitrogens with zero attached hydrogens (tertiary/aromatic N) is 3. The zero-order chi connectivity index (χ0) is 12.4. The second-order valence-electron chi connectivity index (χ2n) is 3.82. The van der Waals surface area contributed by atoms with Crippen LogP contribution in [0.15, 0.2) is 49.1 Å². The van der Waals surface area contributed by atoms with Gasteiger partial charge in [0.15, 0.2) is 0 Å². The third kappa shape index (κ3) is 2.35. The molecule has 5 heteroatoms. The van der Waals surface area contributed by atoms with Gasteiger partial charge in [-0.1, -0.05) is 18.2 Å². The summed E-state index contributed by atoms with van der Waals surface area (Å²) in [5.74, 6) is 0.583. The van der Waals surface area contributed by atoms with Crippen molar-refractivity contribution >= 4 is 23.3 Å². The average molecular weight is 274 g/mol. The molecule has 0 N–H and O–H groups in total. The van der Waals surface area contributed by atoms with Gasteiger partial charge in [0.1, 0.15) is 6.33 Å². The van der Waals surface area contributed by atoms with E-state index < -0.39 is 0 Å².